The first-order chi connectivity index (χ1) is 5.02. The van der Waals surface area contributed by atoms with Crippen LogP contribution >= 0.6 is 10.8 Å². The first-order valence-corrected chi connectivity index (χ1v) is 6.65. The van der Waals surface area contributed by atoms with Crippen LogP contribution in [0.4, 0.5) is 0 Å². The van der Waals surface area contributed by atoms with E-state index in [2.05, 4.69) is 0 Å². The summed E-state index contributed by atoms with van der Waals surface area (Å²) in [7, 11) is -2.59. The van der Waals surface area contributed by atoms with Crippen molar-refractivity contribution in [3.05, 3.63) is 0 Å². The van der Waals surface area contributed by atoms with Crippen LogP contribution in [-0.4, -0.2) is 20.8 Å². The lowest BCUT2D eigenvalue weighted by Crippen LogP contribution is -2.11. The van der Waals surface area contributed by atoms with Gasteiger partial charge in [-0.25, -0.2) is 0 Å². The third kappa shape index (κ3) is 5.52. The van der Waals surface area contributed by atoms with E-state index < -0.39 is 9.15 Å². The third-order valence-corrected chi connectivity index (χ3v) is 3.61. The van der Waals surface area contributed by atoms with Crippen molar-refractivity contribution in [2.45, 2.75) is 32.8 Å². The fourth-order valence-electron chi connectivity index (χ4n) is 0.695. The molecular formula is C6H14O3S2. The molecule has 0 bridgehead atoms. The van der Waals surface area contributed by atoms with E-state index in [4.69, 9.17) is 4.18 Å². The van der Waals surface area contributed by atoms with E-state index in [1.165, 1.54) is 6.26 Å². The summed E-state index contributed by atoms with van der Waals surface area (Å²) in [5.41, 5.74) is 0. The van der Waals surface area contributed by atoms with Crippen molar-refractivity contribution < 1.29 is 12.6 Å². The summed E-state index contributed by atoms with van der Waals surface area (Å²) >= 11 is 0. The van der Waals surface area contributed by atoms with E-state index in [1.54, 1.807) is 6.92 Å². The van der Waals surface area contributed by atoms with Crippen LogP contribution < -0.4 is 0 Å². The number of hydrogen-bond donors (Lipinski definition) is 0. The van der Waals surface area contributed by atoms with E-state index in [-0.39, 0.29) is 6.10 Å². The van der Waals surface area contributed by atoms with Crippen LogP contribution in [0.2, 0.25) is 0 Å². The van der Waals surface area contributed by atoms with Crippen LogP contribution in [0.3, 0.4) is 0 Å². The molecular weight excluding hydrogens is 184 g/mol. The fraction of sp³-hybridized carbons (Fsp3) is 1.00. The maximum atomic E-state index is 10.8. The zero-order valence-corrected chi connectivity index (χ0v) is 8.67. The zero-order chi connectivity index (χ0) is 8.91. The van der Waals surface area contributed by atoms with Crippen molar-refractivity contribution in [3.8, 4) is 0 Å². The summed E-state index contributed by atoms with van der Waals surface area (Å²) in [6.07, 6.45) is 3.01. The van der Waals surface area contributed by atoms with Gasteiger partial charge in [0, 0.05) is 0 Å². The lowest BCUT2D eigenvalue weighted by atomic mass is 10.2. The number of rotatable bonds is 5. The molecule has 0 unspecified atom stereocenters. The third-order valence-electron chi connectivity index (χ3n) is 1.18. The largest absolute Gasteiger partial charge is 0.322 e. The Balaban J connectivity index is 3.84. The van der Waals surface area contributed by atoms with Crippen LogP contribution in [0.25, 0.3) is 0 Å². The Bertz CT molecular complexity index is 186. The van der Waals surface area contributed by atoms with Crippen LogP contribution in [0, 0.1) is 0 Å². The van der Waals surface area contributed by atoms with Crippen molar-refractivity contribution in [1.29, 1.82) is 0 Å². The van der Waals surface area contributed by atoms with Crippen LogP contribution in [0.15, 0.2) is 0 Å². The standard InChI is InChI=1S/C6H14O3S2/c1-4-5-6(2)9-11(7,8)10-3/h6H,4-5H2,1-3H3/t6-/m1/s1. The Morgan fingerprint density at radius 2 is 2.09 bits per heavy atom. The maximum absolute atomic E-state index is 10.8. The summed E-state index contributed by atoms with van der Waals surface area (Å²) in [5.74, 6) is 0. The molecule has 0 aliphatic rings. The van der Waals surface area contributed by atoms with Gasteiger partial charge in [-0.3, -0.25) is 4.18 Å². The molecule has 0 heterocycles. The van der Waals surface area contributed by atoms with Gasteiger partial charge < -0.3 is 0 Å². The van der Waals surface area contributed by atoms with Crippen molar-refractivity contribution >= 4 is 19.9 Å². The summed E-state index contributed by atoms with van der Waals surface area (Å²) in [4.78, 5) is 0. The molecule has 0 aliphatic carbocycles. The van der Waals surface area contributed by atoms with E-state index in [9.17, 15) is 8.42 Å². The lowest BCUT2D eigenvalue weighted by Gasteiger charge is -2.09. The van der Waals surface area contributed by atoms with Gasteiger partial charge in [-0.15, -0.1) is 0 Å². The van der Waals surface area contributed by atoms with Gasteiger partial charge in [0.05, 0.1) is 6.10 Å². The highest BCUT2D eigenvalue weighted by Gasteiger charge is 2.13. The predicted octanol–water partition coefficient (Wildman–Crippen LogP) is 1.80. The van der Waals surface area contributed by atoms with Crippen molar-refractivity contribution in [1.82, 2.24) is 0 Å². The quantitative estimate of drug-likeness (QED) is 0.632. The molecule has 5 heteroatoms. The highest BCUT2D eigenvalue weighted by molar-refractivity contribution is 8.70. The van der Waals surface area contributed by atoms with Gasteiger partial charge in [-0.2, -0.15) is 8.42 Å². The fourth-order valence-corrected chi connectivity index (χ4v) is 1.91. The highest BCUT2D eigenvalue weighted by Crippen LogP contribution is 2.14. The van der Waals surface area contributed by atoms with E-state index in [0.29, 0.717) is 0 Å². The van der Waals surface area contributed by atoms with E-state index in [0.717, 1.165) is 23.6 Å². The molecule has 0 radical (unpaired) electrons. The van der Waals surface area contributed by atoms with Gasteiger partial charge >= 0.3 is 9.15 Å². The van der Waals surface area contributed by atoms with Crippen molar-refractivity contribution in [2.24, 2.45) is 0 Å². The Labute approximate surface area is 72.0 Å². The number of hydrogen-bond acceptors (Lipinski definition) is 4. The molecule has 0 amide bonds. The van der Waals surface area contributed by atoms with Crippen LogP contribution in [0.1, 0.15) is 26.7 Å². The monoisotopic (exact) mass is 198 g/mol. The minimum absolute atomic E-state index is 0.197. The molecule has 3 nitrogen and oxygen atoms in total. The van der Waals surface area contributed by atoms with Gasteiger partial charge in [0.15, 0.2) is 0 Å². The van der Waals surface area contributed by atoms with Gasteiger partial charge in [-0.1, -0.05) is 13.3 Å². The molecule has 0 saturated heterocycles. The first-order valence-electron chi connectivity index (χ1n) is 3.50. The van der Waals surface area contributed by atoms with Crippen LogP contribution in [-0.2, 0) is 13.3 Å². The molecule has 0 aromatic heterocycles. The molecule has 0 rings (SSSR count). The van der Waals surface area contributed by atoms with E-state index >= 15 is 0 Å². The highest BCUT2D eigenvalue weighted by atomic mass is 33.1. The molecule has 0 spiro atoms. The minimum atomic E-state index is -3.32. The molecule has 0 fully saturated rings. The maximum Gasteiger partial charge on any atom is 0.322 e. The topological polar surface area (TPSA) is 43.4 Å². The Morgan fingerprint density at radius 1 is 1.55 bits per heavy atom. The summed E-state index contributed by atoms with van der Waals surface area (Å²) in [6, 6.07) is 0. The smallest absolute Gasteiger partial charge is 0.259 e. The van der Waals surface area contributed by atoms with Crippen LogP contribution in [0.5, 0.6) is 0 Å². The van der Waals surface area contributed by atoms with Gasteiger partial charge in [0.1, 0.15) is 0 Å². The average Bonchev–Trinajstić information content (AvgIpc) is 1.87. The van der Waals surface area contributed by atoms with Crippen molar-refractivity contribution in [2.75, 3.05) is 6.26 Å². The Hall–Kier alpha value is 0.260. The molecule has 0 N–H and O–H groups in total. The molecule has 68 valence electrons. The van der Waals surface area contributed by atoms with Crippen molar-refractivity contribution in [3.63, 3.8) is 0 Å². The zero-order valence-electron chi connectivity index (χ0n) is 7.03. The molecule has 0 aromatic carbocycles. The van der Waals surface area contributed by atoms with Gasteiger partial charge in [0.2, 0.25) is 0 Å². The molecule has 0 aromatic rings. The van der Waals surface area contributed by atoms with Gasteiger partial charge in [-0.05, 0) is 30.4 Å². The lowest BCUT2D eigenvalue weighted by molar-refractivity contribution is 0.224. The average molecular weight is 198 g/mol. The molecule has 0 aliphatic heterocycles. The second-order valence-corrected chi connectivity index (χ2v) is 5.84. The Kier molecular flexibility index (Phi) is 5.12. The van der Waals surface area contributed by atoms with E-state index in [1.807, 2.05) is 6.92 Å². The molecule has 0 saturated carbocycles. The predicted molar refractivity (Wildman–Crippen MR) is 47.9 cm³/mol. The second-order valence-electron chi connectivity index (χ2n) is 2.27. The molecule has 11 heavy (non-hydrogen) atoms. The molecule has 1 atom stereocenters. The SMILES string of the molecule is CCC[C@@H](C)OS(=O)(=O)SC. The minimum Gasteiger partial charge on any atom is -0.259 e. The summed E-state index contributed by atoms with van der Waals surface area (Å²) in [6.45, 7) is 3.75. The first kappa shape index (κ1) is 11.3. The van der Waals surface area contributed by atoms with Gasteiger partial charge in [0.25, 0.3) is 0 Å². The summed E-state index contributed by atoms with van der Waals surface area (Å²) in [5, 5.41) is 0. The Morgan fingerprint density at radius 3 is 2.45 bits per heavy atom. The second kappa shape index (κ2) is 5.00. The summed E-state index contributed by atoms with van der Waals surface area (Å²) < 4.78 is 26.4. The normalized spacial score (nSPS) is 14.8.